The zero-order valence-electron chi connectivity index (χ0n) is 16.0. The summed E-state index contributed by atoms with van der Waals surface area (Å²) in [5.41, 5.74) is 8.46. The molecule has 8 heteroatoms. The van der Waals surface area contributed by atoms with Crippen molar-refractivity contribution in [2.24, 2.45) is 0 Å². The van der Waals surface area contributed by atoms with Crippen LogP contribution >= 0.6 is 0 Å². The molecule has 0 amide bonds. The van der Waals surface area contributed by atoms with Crippen molar-refractivity contribution in [3.05, 3.63) is 82.7 Å². The van der Waals surface area contributed by atoms with Crippen molar-refractivity contribution < 1.29 is 18.0 Å². The van der Waals surface area contributed by atoms with Gasteiger partial charge in [0.05, 0.1) is 11.3 Å². The average Bonchev–Trinajstić information content (AvgIpc) is 2.73. The number of aromatic nitrogens is 2. The lowest BCUT2D eigenvalue weighted by Crippen LogP contribution is -2.31. The monoisotopic (exact) mass is 412 g/mol. The third-order valence-corrected chi connectivity index (χ3v) is 5.10. The van der Waals surface area contributed by atoms with E-state index >= 15 is 0 Å². The van der Waals surface area contributed by atoms with Gasteiger partial charge in [0.1, 0.15) is 0 Å². The molecular weight excluding hydrogens is 393 g/mol. The van der Waals surface area contributed by atoms with Gasteiger partial charge >= 0.3 is 6.18 Å². The number of nitrogen functional groups attached to an aromatic ring is 1. The molecule has 0 aliphatic carbocycles. The number of fused-ring (bicyclic) bond motifs is 1. The molecule has 0 atom stereocenters. The molecule has 4 rings (SSSR count). The molecule has 0 fully saturated rings. The predicted molar refractivity (Wildman–Crippen MR) is 107 cm³/mol. The standard InChI is InChI=1S/C22H19F3N4O/c23-22(24,25)17-5-1-3-14(9-17)10-20(30)15-4-2-6-18(11-15)29-8-7-19-16(13-29)12-27-21(26)28-19/h1-6,9,11-12H,7-8,10,13H2,(H2,26,27,28). The van der Waals surface area contributed by atoms with Gasteiger partial charge in [-0.2, -0.15) is 13.2 Å². The highest BCUT2D eigenvalue weighted by atomic mass is 19.4. The van der Waals surface area contributed by atoms with Crippen LogP contribution in [0.15, 0.2) is 54.7 Å². The second-order valence-corrected chi connectivity index (χ2v) is 7.22. The van der Waals surface area contributed by atoms with Crippen LogP contribution in [0, 0.1) is 0 Å². The van der Waals surface area contributed by atoms with Gasteiger partial charge in [0.15, 0.2) is 5.78 Å². The van der Waals surface area contributed by atoms with Crippen LogP contribution < -0.4 is 10.6 Å². The molecule has 1 aromatic heterocycles. The van der Waals surface area contributed by atoms with E-state index in [0.717, 1.165) is 29.1 Å². The number of halogens is 3. The van der Waals surface area contributed by atoms with E-state index < -0.39 is 11.7 Å². The number of hydrogen-bond acceptors (Lipinski definition) is 5. The Morgan fingerprint density at radius 2 is 1.93 bits per heavy atom. The largest absolute Gasteiger partial charge is 0.416 e. The zero-order valence-corrected chi connectivity index (χ0v) is 16.0. The highest BCUT2D eigenvalue weighted by Crippen LogP contribution is 2.30. The highest BCUT2D eigenvalue weighted by molar-refractivity contribution is 5.98. The van der Waals surface area contributed by atoms with Crippen LogP contribution in [0.1, 0.15) is 32.7 Å². The number of rotatable bonds is 4. The first-order chi connectivity index (χ1) is 14.3. The van der Waals surface area contributed by atoms with E-state index in [1.165, 1.54) is 12.1 Å². The molecule has 30 heavy (non-hydrogen) atoms. The summed E-state index contributed by atoms with van der Waals surface area (Å²) >= 11 is 0. The number of carbonyl (C=O) groups excluding carboxylic acids is 1. The molecule has 3 aromatic rings. The molecule has 0 spiro atoms. The minimum atomic E-state index is -4.43. The minimum absolute atomic E-state index is 0.0939. The molecule has 2 N–H and O–H groups in total. The molecule has 0 saturated heterocycles. The highest BCUT2D eigenvalue weighted by Gasteiger charge is 2.30. The third-order valence-electron chi connectivity index (χ3n) is 5.10. The Balaban J connectivity index is 1.51. The van der Waals surface area contributed by atoms with Crippen LogP contribution in [0.25, 0.3) is 0 Å². The van der Waals surface area contributed by atoms with Crippen molar-refractivity contribution in [3.8, 4) is 0 Å². The topological polar surface area (TPSA) is 72.1 Å². The van der Waals surface area contributed by atoms with Crippen LogP contribution in [0.4, 0.5) is 24.8 Å². The van der Waals surface area contributed by atoms with Gasteiger partial charge in [0, 0.05) is 48.9 Å². The molecule has 0 bridgehead atoms. The van der Waals surface area contributed by atoms with Gasteiger partial charge in [0.2, 0.25) is 5.95 Å². The number of ketones is 1. The lowest BCUT2D eigenvalue weighted by molar-refractivity contribution is -0.137. The minimum Gasteiger partial charge on any atom is -0.368 e. The SMILES string of the molecule is Nc1ncc2c(n1)CCN(c1cccc(C(=O)Cc3cccc(C(F)(F)F)c3)c1)C2. The van der Waals surface area contributed by atoms with Crippen LogP contribution in [0.5, 0.6) is 0 Å². The van der Waals surface area contributed by atoms with Gasteiger partial charge in [-0.15, -0.1) is 0 Å². The fourth-order valence-electron chi connectivity index (χ4n) is 3.57. The third kappa shape index (κ3) is 4.27. The van der Waals surface area contributed by atoms with Crippen LogP contribution in [-0.2, 0) is 25.6 Å². The van der Waals surface area contributed by atoms with E-state index in [1.807, 2.05) is 6.07 Å². The molecule has 1 aliphatic heterocycles. The van der Waals surface area contributed by atoms with Crippen LogP contribution in [0.3, 0.4) is 0 Å². The van der Waals surface area contributed by atoms with Crippen molar-refractivity contribution in [3.63, 3.8) is 0 Å². The Morgan fingerprint density at radius 1 is 1.13 bits per heavy atom. The van der Waals surface area contributed by atoms with Gasteiger partial charge in [-0.05, 0) is 23.8 Å². The molecule has 5 nitrogen and oxygen atoms in total. The number of alkyl halides is 3. The van der Waals surface area contributed by atoms with E-state index in [0.29, 0.717) is 30.6 Å². The maximum atomic E-state index is 12.9. The van der Waals surface area contributed by atoms with Gasteiger partial charge in [-0.3, -0.25) is 4.79 Å². The summed E-state index contributed by atoms with van der Waals surface area (Å²) in [6.45, 7) is 1.32. The van der Waals surface area contributed by atoms with Crippen molar-refractivity contribution >= 4 is 17.4 Å². The van der Waals surface area contributed by atoms with Crippen LogP contribution in [0.2, 0.25) is 0 Å². The van der Waals surface area contributed by atoms with E-state index in [2.05, 4.69) is 14.9 Å². The van der Waals surface area contributed by atoms with Gasteiger partial charge in [-0.25, -0.2) is 9.97 Å². The first kappa shape index (κ1) is 19.9. The Morgan fingerprint density at radius 3 is 2.73 bits per heavy atom. The van der Waals surface area contributed by atoms with E-state index in [4.69, 9.17) is 5.73 Å². The molecule has 2 heterocycles. The van der Waals surface area contributed by atoms with Gasteiger partial charge in [-0.1, -0.05) is 30.3 Å². The fraction of sp³-hybridized carbons (Fsp3) is 0.227. The number of carbonyl (C=O) groups is 1. The van der Waals surface area contributed by atoms with Gasteiger partial charge < -0.3 is 10.6 Å². The number of nitrogens with two attached hydrogens (primary N) is 1. The van der Waals surface area contributed by atoms with E-state index in [1.54, 1.807) is 24.4 Å². The number of anilines is 2. The van der Waals surface area contributed by atoms with Crippen molar-refractivity contribution in [1.82, 2.24) is 9.97 Å². The Labute approximate surface area is 171 Å². The summed E-state index contributed by atoms with van der Waals surface area (Å²) < 4.78 is 38.7. The summed E-state index contributed by atoms with van der Waals surface area (Å²) in [6, 6.07) is 12.0. The van der Waals surface area contributed by atoms with E-state index in [9.17, 15) is 18.0 Å². The molecule has 2 aromatic carbocycles. The number of Topliss-reactive ketones (excluding diaryl/α,β-unsaturated/α-hetero) is 1. The quantitative estimate of drug-likeness (QED) is 0.654. The van der Waals surface area contributed by atoms with Gasteiger partial charge in [0.25, 0.3) is 0 Å². The summed E-state index contributed by atoms with van der Waals surface area (Å²) in [6.07, 6.45) is -2.10. The Hall–Kier alpha value is -3.42. The molecule has 0 saturated carbocycles. The molecule has 0 unspecified atom stereocenters. The predicted octanol–water partition coefficient (Wildman–Crippen LogP) is 4.07. The molecular formula is C22H19F3N4O. The second kappa shape index (κ2) is 7.78. The first-order valence-electron chi connectivity index (χ1n) is 9.44. The van der Waals surface area contributed by atoms with Crippen molar-refractivity contribution in [2.45, 2.75) is 25.6 Å². The number of benzene rings is 2. The van der Waals surface area contributed by atoms with Crippen molar-refractivity contribution in [1.29, 1.82) is 0 Å². The summed E-state index contributed by atoms with van der Waals surface area (Å²) in [5.74, 6) is 0.0223. The average molecular weight is 412 g/mol. The van der Waals surface area contributed by atoms with Crippen LogP contribution in [-0.4, -0.2) is 22.3 Å². The molecule has 1 aliphatic rings. The fourth-order valence-corrected chi connectivity index (χ4v) is 3.57. The normalized spacial score (nSPS) is 13.8. The maximum Gasteiger partial charge on any atom is 0.416 e. The summed E-state index contributed by atoms with van der Waals surface area (Å²) in [5, 5.41) is 0. The summed E-state index contributed by atoms with van der Waals surface area (Å²) in [4.78, 5) is 23.1. The second-order valence-electron chi connectivity index (χ2n) is 7.22. The smallest absolute Gasteiger partial charge is 0.368 e. The Kier molecular flexibility index (Phi) is 5.15. The number of hydrogen-bond donors (Lipinski definition) is 1. The lowest BCUT2D eigenvalue weighted by atomic mass is 10.00. The lowest BCUT2D eigenvalue weighted by Gasteiger charge is -2.30. The molecule has 154 valence electrons. The van der Waals surface area contributed by atoms with Crippen molar-refractivity contribution in [2.75, 3.05) is 17.2 Å². The number of nitrogens with zero attached hydrogens (tertiary/aromatic N) is 3. The summed E-state index contributed by atoms with van der Waals surface area (Å²) in [7, 11) is 0. The zero-order chi connectivity index (χ0) is 21.3. The Bertz CT molecular complexity index is 1100. The first-order valence-corrected chi connectivity index (χ1v) is 9.44. The molecule has 0 radical (unpaired) electrons. The maximum absolute atomic E-state index is 12.9. The van der Waals surface area contributed by atoms with E-state index in [-0.39, 0.29) is 18.2 Å².